The molecule has 1 N–H and O–H groups in total. The molecular weight excluding hydrogens is 312 g/mol. The van der Waals surface area contributed by atoms with Crippen LogP contribution in [0, 0.1) is 5.92 Å². The highest BCUT2D eigenvalue weighted by atomic mass is 32.2. The molecule has 3 rings (SSSR count). The molecule has 2 fully saturated rings. The van der Waals surface area contributed by atoms with E-state index in [9.17, 15) is 4.79 Å². The van der Waals surface area contributed by atoms with Gasteiger partial charge < -0.3 is 15.0 Å². The van der Waals surface area contributed by atoms with Crippen LogP contribution in [0.15, 0.2) is 12.4 Å². The predicted octanol–water partition coefficient (Wildman–Crippen LogP) is 1.05. The Hall–Kier alpha value is -1.05. The standard InChI is InChI=1S/C16H26N4O2S/c1-19-10-13(9-18-19)16-12(8-17-14-3-6-23-11-14)7-15(21)20(16)4-5-22-2/h9-10,12,14,16-17H,3-8,11H2,1-2H3/t12-,14?,16+/m0/s1. The fourth-order valence-electron chi connectivity index (χ4n) is 3.56. The SMILES string of the molecule is COCCN1C(=O)C[C@@H](CNC2CCSC2)[C@@H]1c1cnn(C)c1. The molecule has 1 aromatic heterocycles. The summed E-state index contributed by atoms with van der Waals surface area (Å²) in [5.74, 6) is 2.96. The summed E-state index contributed by atoms with van der Waals surface area (Å²) in [6, 6.07) is 0.700. The smallest absolute Gasteiger partial charge is 0.223 e. The highest BCUT2D eigenvalue weighted by Crippen LogP contribution is 2.37. The van der Waals surface area contributed by atoms with E-state index >= 15 is 0 Å². The molecule has 128 valence electrons. The van der Waals surface area contributed by atoms with Gasteiger partial charge in [0.1, 0.15) is 0 Å². The van der Waals surface area contributed by atoms with E-state index in [1.165, 1.54) is 17.9 Å². The summed E-state index contributed by atoms with van der Waals surface area (Å²) >= 11 is 2.01. The quantitative estimate of drug-likeness (QED) is 0.805. The molecule has 3 heterocycles. The molecule has 2 aliphatic heterocycles. The van der Waals surface area contributed by atoms with Gasteiger partial charge in [0.25, 0.3) is 0 Å². The zero-order valence-electron chi connectivity index (χ0n) is 13.9. The number of aromatic nitrogens is 2. The van der Waals surface area contributed by atoms with Crippen LogP contribution < -0.4 is 5.32 Å². The molecule has 6 nitrogen and oxygen atoms in total. The second-order valence-electron chi connectivity index (χ2n) is 6.41. The molecule has 1 unspecified atom stereocenters. The van der Waals surface area contributed by atoms with Crippen LogP contribution in [0.1, 0.15) is 24.4 Å². The van der Waals surface area contributed by atoms with E-state index in [1.807, 2.05) is 40.8 Å². The number of carbonyl (C=O) groups is 1. The van der Waals surface area contributed by atoms with E-state index in [0.29, 0.717) is 31.5 Å². The first-order chi connectivity index (χ1) is 11.2. The first-order valence-corrected chi connectivity index (χ1v) is 9.42. The lowest BCUT2D eigenvalue weighted by atomic mass is 9.95. The average molecular weight is 338 g/mol. The number of nitrogens with one attached hydrogen (secondary N) is 1. The van der Waals surface area contributed by atoms with Gasteiger partial charge in [-0.2, -0.15) is 16.9 Å². The third-order valence-corrected chi connectivity index (χ3v) is 5.90. The van der Waals surface area contributed by atoms with Gasteiger partial charge in [-0.05, 0) is 12.2 Å². The molecular formula is C16H26N4O2S. The Morgan fingerprint density at radius 1 is 1.52 bits per heavy atom. The lowest BCUT2D eigenvalue weighted by Gasteiger charge is -2.28. The van der Waals surface area contributed by atoms with Crippen molar-refractivity contribution in [2.75, 3.05) is 38.3 Å². The Bertz CT molecular complexity index is 530. The van der Waals surface area contributed by atoms with Crippen LogP contribution in [0.25, 0.3) is 0 Å². The second kappa shape index (κ2) is 7.68. The lowest BCUT2D eigenvalue weighted by molar-refractivity contribution is -0.129. The molecule has 2 saturated heterocycles. The normalized spacial score (nSPS) is 28.0. The van der Waals surface area contributed by atoms with Gasteiger partial charge in [0.2, 0.25) is 5.91 Å². The zero-order valence-corrected chi connectivity index (χ0v) is 14.7. The number of ether oxygens (including phenoxy) is 1. The van der Waals surface area contributed by atoms with Gasteiger partial charge in [-0.3, -0.25) is 9.48 Å². The molecule has 23 heavy (non-hydrogen) atoms. The van der Waals surface area contributed by atoms with Crippen molar-refractivity contribution in [3.05, 3.63) is 18.0 Å². The maximum atomic E-state index is 12.5. The number of hydrogen-bond donors (Lipinski definition) is 1. The summed E-state index contributed by atoms with van der Waals surface area (Å²) in [7, 11) is 3.60. The van der Waals surface area contributed by atoms with Gasteiger partial charge in [0, 0.05) is 63.1 Å². The maximum absolute atomic E-state index is 12.5. The number of carbonyl (C=O) groups excluding carboxylic acids is 1. The van der Waals surface area contributed by atoms with Gasteiger partial charge in [-0.25, -0.2) is 0 Å². The van der Waals surface area contributed by atoms with Crippen LogP contribution in [0.2, 0.25) is 0 Å². The van der Waals surface area contributed by atoms with Crippen LogP contribution in [0.3, 0.4) is 0 Å². The Labute approximate surface area is 141 Å². The molecule has 0 aromatic carbocycles. The van der Waals surface area contributed by atoms with Crippen LogP contribution in [0.5, 0.6) is 0 Å². The highest BCUT2D eigenvalue weighted by molar-refractivity contribution is 7.99. The number of methoxy groups -OCH3 is 1. The summed E-state index contributed by atoms with van der Waals surface area (Å²) in [5, 5.41) is 7.97. The monoisotopic (exact) mass is 338 g/mol. The van der Waals surface area contributed by atoms with Crippen molar-refractivity contribution in [3.8, 4) is 0 Å². The number of likely N-dealkylation sites (tertiary alicyclic amines) is 1. The van der Waals surface area contributed by atoms with Crippen molar-refractivity contribution in [3.63, 3.8) is 0 Å². The van der Waals surface area contributed by atoms with Gasteiger partial charge in [0.05, 0.1) is 18.8 Å². The van der Waals surface area contributed by atoms with E-state index in [2.05, 4.69) is 10.4 Å². The Kier molecular flexibility index (Phi) is 5.61. The zero-order chi connectivity index (χ0) is 16.2. The van der Waals surface area contributed by atoms with Crippen LogP contribution in [-0.4, -0.2) is 64.9 Å². The number of thioether (sulfide) groups is 1. The van der Waals surface area contributed by atoms with E-state index in [0.717, 1.165) is 12.1 Å². The Morgan fingerprint density at radius 2 is 2.39 bits per heavy atom. The Balaban J connectivity index is 1.71. The van der Waals surface area contributed by atoms with Crippen molar-refractivity contribution >= 4 is 17.7 Å². The molecule has 3 atom stereocenters. The molecule has 1 aromatic rings. The minimum atomic E-state index is 0.105. The number of nitrogens with zero attached hydrogens (tertiary/aromatic N) is 3. The number of hydrogen-bond acceptors (Lipinski definition) is 5. The average Bonchev–Trinajstić information content (AvgIpc) is 3.24. The summed E-state index contributed by atoms with van der Waals surface area (Å²) in [6.07, 6.45) is 5.76. The lowest BCUT2D eigenvalue weighted by Crippen LogP contribution is -2.36. The second-order valence-corrected chi connectivity index (χ2v) is 7.55. The summed E-state index contributed by atoms with van der Waals surface area (Å²) in [5.41, 5.74) is 1.13. The fraction of sp³-hybridized carbons (Fsp3) is 0.750. The third-order valence-electron chi connectivity index (χ3n) is 4.74. The largest absolute Gasteiger partial charge is 0.383 e. The molecule has 0 radical (unpaired) electrons. The van der Waals surface area contributed by atoms with Crippen LogP contribution in [0.4, 0.5) is 0 Å². The molecule has 0 spiro atoms. The van der Waals surface area contributed by atoms with Crippen molar-refractivity contribution in [1.82, 2.24) is 20.0 Å². The maximum Gasteiger partial charge on any atom is 0.223 e. The van der Waals surface area contributed by atoms with Gasteiger partial charge >= 0.3 is 0 Å². The molecule has 1 amide bonds. The van der Waals surface area contributed by atoms with Crippen molar-refractivity contribution in [2.24, 2.45) is 13.0 Å². The number of aryl methyl sites for hydroxylation is 1. The van der Waals surface area contributed by atoms with Crippen molar-refractivity contribution < 1.29 is 9.53 Å². The first-order valence-electron chi connectivity index (χ1n) is 8.27. The molecule has 0 saturated carbocycles. The number of rotatable bonds is 7. The molecule has 0 bridgehead atoms. The van der Waals surface area contributed by atoms with Crippen molar-refractivity contribution in [1.29, 1.82) is 0 Å². The van der Waals surface area contributed by atoms with Crippen molar-refractivity contribution in [2.45, 2.75) is 24.9 Å². The van der Waals surface area contributed by atoms with E-state index in [1.54, 1.807) is 7.11 Å². The summed E-state index contributed by atoms with van der Waals surface area (Å²) in [4.78, 5) is 14.5. The fourth-order valence-corrected chi connectivity index (χ4v) is 4.75. The minimum Gasteiger partial charge on any atom is -0.383 e. The van der Waals surface area contributed by atoms with E-state index < -0.39 is 0 Å². The molecule has 0 aliphatic carbocycles. The predicted molar refractivity (Wildman–Crippen MR) is 91.4 cm³/mol. The summed E-state index contributed by atoms with van der Waals surface area (Å²) < 4.78 is 7.00. The highest BCUT2D eigenvalue weighted by Gasteiger charge is 2.41. The minimum absolute atomic E-state index is 0.105. The van der Waals surface area contributed by atoms with Gasteiger partial charge in [0.15, 0.2) is 0 Å². The van der Waals surface area contributed by atoms with Crippen LogP contribution in [-0.2, 0) is 16.6 Å². The van der Waals surface area contributed by atoms with Gasteiger partial charge in [-0.15, -0.1) is 0 Å². The third kappa shape index (κ3) is 3.89. The molecule has 2 aliphatic rings. The van der Waals surface area contributed by atoms with E-state index in [-0.39, 0.29) is 11.9 Å². The van der Waals surface area contributed by atoms with Gasteiger partial charge in [-0.1, -0.05) is 0 Å². The molecule has 7 heteroatoms. The Morgan fingerprint density at radius 3 is 3.04 bits per heavy atom. The topological polar surface area (TPSA) is 59.4 Å². The number of amides is 1. The van der Waals surface area contributed by atoms with Crippen LogP contribution >= 0.6 is 11.8 Å². The van der Waals surface area contributed by atoms with E-state index in [4.69, 9.17) is 4.74 Å². The first kappa shape index (κ1) is 16.8. The summed E-state index contributed by atoms with van der Waals surface area (Å²) in [6.45, 7) is 2.10.